The predicted molar refractivity (Wildman–Crippen MR) is 105 cm³/mol. The van der Waals surface area contributed by atoms with E-state index in [2.05, 4.69) is 15.4 Å². The Labute approximate surface area is 161 Å². The molecule has 8 nitrogen and oxygen atoms in total. The third kappa shape index (κ3) is 3.05. The number of aromatic nitrogens is 4. The van der Waals surface area contributed by atoms with Crippen molar-refractivity contribution in [3.63, 3.8) is 0 Å². The summed E-state index contributed by atoms with van der Waals surface area (Å²) in [4.78, 5) is 16.2. The summed E-state index contributed by atoms with van der Waals surface area (Å²) in [7, 11) is 3.35. The Morgan fingerprint density at radius 1 is 1.14 bits per heavy atom. The first-order valence-corrected chi connectivity index (χ1v) is 8.61. The van der Waals surface area contributed by atoms with Crippen molar-refractivity contribution < 1.29 is 14.6 Å². The van der Waals surface area contributed by atoms with Crippen molar-refractivity contribution in [2.75, 3.05) is 12.4 Å². The smallest absolute Gasteiger partial charge is 0.221 e. The summed E-state index contributed by atoms with van der Waals surface area (Å²) in [6.07, 6.45) is 7.34. The molecule has 0 spiro atoms. The lowest BCUT2D eigenvalue weighted by Crippen LogP contribution is -2.08. The van der Waals surface area contributed by atoms with Crippen molar-refractivity contribution in [2.24, 2.45) is 7.05 Å². The average molecular weight is 377 g/mol. The van der Waals surface area contributed by atoms with E-state index in [1.54, 1.807) is 35.3 Å². The van der Waals surface area contributed by atoms with Crippen molar-refractivity contribution in [1.82, 2.24) is 19.2 Å². The number of anilines is 1. The summed E-state index contributed by atoms with van der Waals surface area (Å²) in [5, 5.41) is 17.0. The summed E-state index contributed by atoms with van der Waals surface area (Å²) in [5.74, 6) is 0.248. The van der Waals surface area contributed by atoms with Crippen LogP contribution in [-0.4, -0.2) is 37.3 Å². The number of imidazole rings is 1. The Bertz CT molecular complexity index is 1190. The molecule has 28 heavy (non-hydrogen) atoms. The number of fused-ring (bicyclic) bond motifs is 1. The van der Waals surface area contributed by atoms with Gasteiger partial charge >= 0.3 is 0 Å². The third-order valence-corrected chi connectivity index (χ3v) is 4.43. The Morgan fingerprint density at radius 2 is 1.96 bits per heavy atom. The molecule has 4 aromatic rings. The Kier molecular flexibility index (Phi) is 4.23. The van der Waals surface area contributed by atoms with Crippen LogP contribution >= 0.6 is 0 Å². The molecule has 0 aliphatic carbocycles. The van der Waals surface area contributed by atoms with E-state index in [0.717, 1.165) is 22.4 Å². The maximum atomic E-state index is 11.7. The minimum atomic E-state index is -0.187. The zero-order chi connectivity index (χ0) is 19.8. The number of hydrogen-bond acceptors (Lipinski definition) is 5. The number of nitrogens with zero attached hydrogens (tertiary/aromatic N) is 4. The molecule has 0 fully saturated rings. The van der Waals surface area contributed by atoms with Crippen LogP contribution in [0.2, 0.25) is 0 Å². The highest BCUT2D eigenvalue weighted by molar-refractivity contribution is 5.94. The molecule has 0 bridgehead atoms. The van der Waals surface area contributed by atoms with Crippen molar-refractivity contribution in [2.45, 2.75) is 6.92 Å². The number of phenolic OH excluding ortho intramolecular Hbond substituents is 1. The van der Waals surface area contributed by atoms with Crippen LogP contribution in [0.5, 0.6) is 11.5 Å². The molecule has 1 aromatic carbocycles. The zero-order valence-electron chi connectivity index (χ0n) is 15.7. The van der Waals surface area contributed by atoms with Gasteiger partial charge in [0, 0.05) is 37.5 Å². The highest BCUT2D eigenvalue weighted by Crippen LogP contribution is 2.34. The quantitative estimate of drug-likeness (QED) is 0.570. The van der Waals surface area contributed by atoms with Crippen LogP contribution in [0.3, 0.4) is 0 Å². The number of ether oxygens (including phenoxy) is 1. The molecule has 0 aliphatic rings. The van der Waals surface area contributed by atoms with Crippen LogP contribution in [0, 0.1) is 0 Å². The zero-order valence-corrected chi connectivity index (χ0v) is 15.7. The number of phenols is 1. The van der Waals surface area contributed by atoms with Crippen molar-refractivity contribution >= 4 is 17.2 Å². The molecule has 0 aliphatic heterocycles. The number of aryl methyl sites for hydroxylation is 1. The molecule has 3 aromatic heterocycles. The standard InChI is InChI=1S/C20H19N5O3/c1-12(26)23-16-6-14(13-4-5-18(27)19(7-13)28-3)11-25-17(9-21-20(16)25)15-8-22-24(2)10-15/h4-11,27H,1-3H3,(H,23,26). The summed E-state index contributed by atoms with van der Waals surface area (Å²) >= 11 is 0. The molecule has 0 unspecified atom stereocenters. The second-order valence-corrected chi connectivity index (χ2v) is 6.45. The number of amides is 1. The number of pyridine rings is 1. The highest BCUT2D eigenvalue weighted by Gasteiger charge is 2.15. The maximum absolute atomic E-state index is 11.7. The molecule has 4 rings (SSSR count). The van der Waals surface area contributed by atoms with E-state index in [9.17, 15) is 9.90 Å². The predicted octanol–water partition coefficient (Wildman–Crippen LogP) is 3.07. The number of aromatic hydroxyl groups is 1. The minimum absolute atomic E-state index is 0.0630. The molecule has 0 radical (unpaired) electrons. The van der Waals surface area contributed by atoms with Crippen LogP contribution in [-0.2, 0) is 11.8 Å². The van der Waals surface area contributed by atoms with Crippen LogP contribution < -0.4 is 10.1 Å². The van der Waals surface area contributed by atoms with Crippen LogP contribution in [0.25, 0.3) is 28.0 Å². The number of rotatable bonds is 4. The minimum Gasteiger partial charge on any atom is -0.504 e. The summed E-state index contributed by atoms with van der Waals surface area (Å²) < 4.78 is 8.85. The van der Waals surface area contributed by atoms with Gasteiger partial charge in [-0.1, -0.05) is 6.07 Å². The second-order valence-electron chi connectivity index (χ2n) is 6.45. The lowest BCUT2D eigenvalue weighted by molar-refractivity contribution is -0.114. The van der Waals surface area contributed by atoms with Gasteiger partial charge in [0.15, 0.2) is 17.1 Å². The van der Waals surface area contributed by atoms with E-state index in [-0.39, 0.29) is 11.7 Å². The number of benzene rings is 1. The lowest BCUT2D eigenvalue weighted by Gasteiger charge is -2.12. The Morgan fingerprint density at radius 3 is 2.64 bits per heavy atom. The SMILES string of the molecule is COc1cc(-c2cc(NC(C)=O)c3ncc(-c4cnn(C)c4)n3c2)ccc1O. The van der Waals surface area contributed by atoms with E-state index < -0.39 is 0 Å². The normalized spacial score (nSPS) is 11.0. The van der Waals surface area contributed by atoms with Crippen LogP contribution in [0.4, 0.5) is 5.69 Å². The van der Waals surface area contributed by atoms with Crippen molar-refractivity contribution in [3.05, 3.63) is 49.1 Å². The summed E-state index contributed by atoms with van der Waals surface area (Å²) in [5.41, 5.74) is 4.63. The fraction of sp³-hybridized carbons (Fsp3) is 0.150. The van der Waals surface area contributed by atoms with Crippen LogP contribution in [0.1, 0.15) is 6.92 Å². The fourth-order valence-electron chi connectivity index (χ4n) is 3.15. The van der Waals surface area contributed by atoms with Gasteiger partial charge in [0.1, 0.15) is 0 Å². The molecule has 8 heteroatoms. The first-order chi connectivity index (χ1) is 13.5. The molecular weight excluding hydrogens is 358 g/mol. The molecule has 0 saturated heterocycles. The van der Waals surface area contributed by atoms with Crippen molar-refractivity contribution in [1.29, 1.82) is 0 Å². The Hall–Kier alpha value is -3.81. The summed E-state index contributed by atoms with van der Waals surface area (Å²) in [6.45, 7) is 1.46. The van der Waals surface area contributed by atoms with Gasteiger partial charge in [0.25, 0.3) is 0 Å². The van der Waals surface area contributed by atoms with Gasteiger partial charge in [-0.15, -0.1) is 0 Å². The topological polar surface area (TPSA) is 93.7 Å². The van der Waals surface area contributed by atoms with Gasteiger partial charge in [-0.3, -0.25) is 13.9 Å². The average Bonchev–Trinajstić information content (AvgIpc) is 3.27. The molecule has 1 amide bonds. The van der Waals surface area contributed by atoms with E-state index >= 15 is 0 Å². The molecule has 142 valence electrons. The summed E-state index contributed by atoms with van der Waals surface area (Å²) in [6, 6.07) is 6.96. The Balaban J connectivity index is 1.95. The number of carbonyl (C=O) groups excluding carboxylic acids is 1. The third-order valence-electron chi connectivity index (χ3n) is 4.43. The number of carbonyl (C=O) groups is 1. The first kappa shape index (κ1) is 17.6. The van der Waals surface area contributed by atoms with Crippen molar-refractivity contribution in [3.8, 4) is 33.9 Å². The lowest BCUT2D eigenvalue weighted by atomic mass is 10.1. The molecular formula is C20H19N5O3. The van der Waals surface area contributed by atoms with Gasteiger partial charge in [0.2, 0.25) is 5.91 Å². The van der Waals surface area contributed by atoms with E-state index in [4.69, 9.17) is 4.74 Å². The second kappa shape index (κ2) is 6.73. The van der Waals surface area contributed by atoms with Gasteiger partial charge < -0.3 is 15.2 Å². The number of nitrogens with one attached hydrogen (secondary N) is 1. The van der Waals surface area contributed by atoms with E-state index in [1.807, 2.05) is 29.9 Å². The molecule has 2 N–H and O–H groups in total. The number of hydrogen-bond donors (Lipinski definition) is 2. The van der Waals surface area contributed by atoms with Gasteiger partial charge in [-0.25, -0.2) is 4.98 Å². The highest BCUT2D eigenvalue weighted by atomic mass is 16.5. The van der Waals surface area contributed by atoms with E-state index in [0.29, 0.717) is 17.1 Å². The van der Waals surface area contributed by atoms with Crippen LogP contribution in [0.15, 0.2) is 49.1 Å². The fourth-order valence-corrected chi connectivity index (χ4v) is 3.15. The molecule has 0 atom stereocenters. The largest absolute Gasteiger partial charge is 0.504 e. The maximum Gasteiger partial charge on any atom is 0.221 e. The van der Waals surface area contributed by atoms with Gasteiger partial charge in [-0.2, -0.15) is 5.10 Å². The van der Waals surface area contributed by atoms with Gasteiger partial charge in [0.05, 0.1) is 30.9 Å². The number of methoxy groups -OCH3 is 1. The first-order valence-electron chi connectivity index (χ1n) is 8.61. The molecule has 0 saturated carbocycles. The van der Waals surface area contributed by atoms with E-state index in [1.165, 1.54) is 14.0 Å². The molecule has 3 heterocycles. The van der Waals surface area contributed by atoms with Gasteiger partial charge in [-0.05, 0) is 23.8 Å². The monoisotopic (exact) mass is 377 g/mol.